The summed E-state index contributed by atoms with van der Waals surface area (Å²) in [6.07, 6.45) is -0.799. The average molecular weight is 316 g/mol. The molecule has 0 amide bonds. The number of sulfonamides is 1. The summed E-state index contributed by atoms with van der Waals surface area (Å²) in [6.45, 7) is 1.45. The van der Waals surface area contributed by atoms with Gasteiger partial charge in [-0.05, 0) is 24.6 Å². The molecule has 21 heavy (non-hydrogen) atoms. The molecule has 0 heterocycles. The van der Waals surface area contributed by atoms with Crippen molar-refractivity contribution in [3.05, 3.63) is 35.4 Å². The van der Waals surface area contributed by atoms with E-state index in [0.29, 0.717) is 11.1 Å². The van der Waals surface area contributed by atoms with Gasteiger partial charge in [0, 0.05) is 12.6 Å². The molecule has 7 nitrogen and oxygen atoms in total. The molecule has 118 valence electrons. The van der Waals surface area contributed by atoms with Crippen LogP contribution in [0.1, 0.15) is 22.8 Å². The highest BCUT2D eigenvalue weighted by molar-refractivity contribution is 7.88. The van der Waals surface area contributed by atoms with Crippen LogP contribution in [-0.2, 0) is 20.5 Å². The second-order valence-corrected chi connectivity index (χ2v) is 6.51. The molecule has 0 fully saturated rings. The third kappa shape index (κ3) is 5.80. The molecule has 0 aliphatic rings. The number of aliphatic hydroxyl groups is 1. The Balaban J connectivity index is 2.65. The van der Waals surface area contributed by atoms with Crippen molar-refractivity contribution in [1.82, 2.24) is 4.72 Å². The molecular weight excluding hydrogens is 296 g/mol. The number of carbonyl (C=O) groups is 1. The van der Waals surface area contributed by atoms with Crippen LogP contribution in [0.5, 0.6) is 0 Å². The van der Waals surface area contributed by atoms with Crippen LogP contribution >= 0.6 is 0 Å². The predicted molar refractivity (Wildman–Crippen MR) is 78.1 cm³/mol. The lowest BCUT2D eigenvalue weighted by molar-refractivity contribution is 0.0600. The second kappa shape index (κ2) is 7.51. The third-order valence-corrected chi connectivity index (χ3v) is 4.21. The number of nitrogens with one attached hydrogen (secondary N) is 1. The highest BCUT2D eigenvalue weighted by Crippen LogP contribution is 2.09. The first-order valence-electron chi connectivity index (χ1n) is 6.33. The zero-order valence-corrected chi connectivity index (χ0v) is 12.8. The number of benzene rings is 1. The number of hydrogen-bond donors (Lipinski definition) is 3. The summed E-state index contributed by atoms with van der Waals surface area (Å²) < 4.78 is 30.6. The Morgan fingerprint density at radius 3 is 2.43 bits per heavy atom. The van der Waals surface area contributed by atoms with Gasteiger partial charge in [-0.3, -0.25) is 0 Å². The van der Waals surface area contributed by atoms with E-state index in [4.69, 9.17) is 5.73 Å². The van der Waals surface area contributed by atoms with Gasteiger partial charge in [-0.2, -0.15) is 0 Å². The second-order valence-electron chi connectivity index (χ2n) is 4.70. The molecule has 0 aromatic heterocycles. The van der Waals surface area contributed by atoms with Crippen LogP contribution in [-0.4, -0.2) is 45.3 Å². The molecule has 4 N–H and O–H groups in total. The fourth-order valence-electron chi connectivity index (χ4n) is 1.52. The van der Waals surface area contributed by atoms with Crippen LogP contribution in [0.2, 0.25) is 0 Å². The highest BCUT2D eigenvalue weighted by atomic mass is 32.2. The maximum atomic E-state index is 11.9. The Bertz CT molecular complexity index is 569. The summed E-state index contributed by atoms with van der Waals surface area (Å²) in [5.41, 5.74) is 6.44. The number of esters is 1. The minimum absolute atomic E-state index is 0.0414. The van der Waals surface area contributed by atoms with Gasteiger partial charge >= 0.3 is 5.97 Å². The van der Waals surface area contributed by atoms with Crippen LogP contribution in [0.3, 0.4) is 0 Å². The summed E-state index contributed by atoms with van der Waals surface area (Å²) in [7, 11) is -2.29. The van der Waals surface area contributed by atoms with Gasteiger partial charge in [0.25, 0.3) is 0 Å². The fourth-order valence-corrected chi connectivity index (χ4v) is 2.70. The predicted octanol–water partition coefficient (Wildman–Crippen LogP) is -0.399. The average Bonchev–Trinajstić information content (AvgIpc) is 2.44. The zero-order chi connectivity index (χ0) is 16.0. The first-order chi connectivity index (χ1) is 9.75. The largest absolute Gasteiger partial charge is 0.465 e. The van der Waals surface area contributed by atoms with E-state index in [2.05, 4.69) is 9.46 Å². The number of carbonyl (C=O) groups excluding carboxylic acids is 1. The van der Waals surface area contributed by atoms with Crippen LogP contribution in [0.4, 0.5) is 0 Å². The number of ether oxygens (including phenoxy) is 1. The lowest BCUT2D eigenvalue weighted by Gasteiger charge is -2.15. The van der Waals surface area contributed by atoms with Gasteiger partial charge in [0.15, 0.2) is 0 Å². The lowest BCUT2D eigenvalue weighted by atomic mass is 10.1. The van der Waals surface area contributed by atoms with Gasteiger partial charge < -0.3 is 15.6 Å². The number of nitrogens with two attached hydrogens (primary N) is 1. The van der Waals surface area contributed by atoms with Gasteiger partial charge in [0.2, 0.25) is 10.0 Å². The molecule has 0 saturated heterocycles. The Morgan fingerprint density at radius 1 is 1.38 bits per heavy atom. The zero-order valence-electron chi connectivity index (χ0n) is 11.9. The molecule has 0 radical (unpaired) electrons. The molecule has 2 atom stereocenters. The van der Waals surface area contributed by atoms with E-state index in [1.165, 1.54) is 26.2 Å². The first-order valence-corrected chi connectivity index (χ1v) is 7.98. The maximum absolute atomic E-state index is 11.9. The van der Waals surface area contributed by atoms with Gasteiger partial charge in [-0.15, -0.1) is 0 Å². The molecule has 1 aromatic carbocycles. The van der Waals surface area contributed by atoms with Crippen molar-refractivity contribution in [2.45, 2.75) is 24.8 Å². The number of rotatable bonds is 7. The van der Waals surface area contributed by atoms with Crippen LogP contribution in [0.25, 0.3) is 0 Å². The van der Waals surface area contributed by atoms with E-state index < -0.39 is 28.1 Å². The molecule has 0 aliphatic carbocycles. The SMILES string of the molecule is COC(=O)c1ccc(CS(=O)(=O)NCC(N)C(C)O)cc1. The molecule has 0 aliphatic heterocycles. The molecule has 1 rings (SSSR count). The standard InChI is InChI=1S/C13H20N2O5S/c1-9(16)12(14)7-15-21(18,19)8-10-3-5-11(6-4-10)13(17)20-2/h3-6,9,12,15-16H,7-8,14H2,1-2H3. The third-order valence-electron chi connectivity index (χ3n) is 2.89. The summed E-state index contributed by atoms with van der Waals surface area (Å²) in [5, 5.41) is 9.21. The van der Waals surface area contributed by atoms with E-state index in [1.54, 1.807) is 12.1 Å². The number of hydrogen-bond acceptors (Lipinski definition) is 6. The summed E-state index contributed by atoms with van der Waals surface area (Å²) >= 11 is 0. The lowest BCUT2D eigenvalue weighted by Crippen LogP contribution is -2.43. The van der Waals surface area contributed by atoms with Gasteiger partial charge in [0.05, 0.1) is 24.5 Å². The van der Waals surface area contributed by atoms with Crippen LogP contribution < -0.4 is 10.5 Å². The van der Waals surface area contributed by atoms with Gasteiger partial charge in [0.1, 0.15) is 0 Å². The molecule has 8 heteroatoms. The van der Waals surface area contributed by atoms with E-state index in [1.807, 2.05) is 0 Å². The minimum atomic E-state index is -3.56. The Kier molecular flexibility index (Phi) is 6.28. The Labute approximate surface area is 124 Å². The smallest absolute Gasteiger partial charge is 0.337 e. The maximum Gasteiger partial charge on any atom is 0.337 e. The van der Waals surface area contributed by atoms with Crippen molar-refractivity contribution in [2.75, 3.05) is 13.7 Å². The van der Waals surface area contributed by atoms with E-state index in [0.717, 1.165) is 0 Å². The molecule has 0 saturated carbocycles. The van der Waals surface area contributed by atoms with E-state index in [9.17, 15) is 18.3 Å². The summed E-state index contributed by atoms with van der Waals surface area (Å²) in [6, 6.07) is 5.41. The fraction of sp³-hybridized carbons (Fsp3) is 0.462. The van der Waals surface area contributed by atoms with E-state index in [-0.39, 0.29) is 12.3 Å². The van der Waals surface area contributed by atoms with E-state index >= 15 is 0 Å². The van der Waals surface area contributed by atoms with Crippen molar-refractivity contribution < 1.29 is 23.1 Å². The first kappa shape index (κ1) is 17.6. The molecule has 0 spiro atoms. The normalized spacial score (nSPS) is 14.5. The summed E-state index contributed by atoms with van der Waals surface area (Å²) in [4.78, 5) is 11.3. The molecule has 0 bridgehead atoms. The monoisotopic (exact) mass is 316 g/mol. The number of aliphatic hydroxyl groups excluding tert-OH is 1. The van der Waals surface area contributed by atoms with Crippen molar-refractivity contribution in [1.29, 1.82) is 0 Å². The Hall–Kier alpha value is -1.48. The van der Waals surface area contributed by atoms with Crippen molar-refractivity contribution in [2.24, 2.45) is 5.73 Å². The van der Waals surface area contributed by atoms with Crippen molar-refractivity contribution >= 4 is 16.0 Å². The van der Waals surface area contributed by atoms with Crippen molar-refractivity contribution in [3.63, 3.8) is 0 Å². The van der Waals surface area contributed by atoms with Gasteiger partial charge in [-0.1, -0.05) is 12.1 Å². The highest BCUT2D eigenvalue weighted by Gasteiger charge is 2.16. The molecular formula is C13H20N2O5S. The van der Waals surface area contributed by atoms with Crippen LogP contribution in [0, 0.1) is 0 Å². The topological polar surface area (TPSA) is 119 Å². The summed E-state index contributed by atoms with van der Waals surface area (Å²) in [5.74, 6) is -0.716. The number of methoxy groups -OCH3 is 1. The quantitative estimate of drug-likeness (QED) is 0.589. The van der Waals surface area contributed by atoms with Crippen molar-refractivity contribution in [3.8, 4) is 0 Å². The van der Waals surface area contributed by atoms with Crippen LogP contribution in [0.15, 0.2) is 24.3 Å². The molecule has 1 aromatic rings. The Morgan fingerprint density at radius 2 is 1.95 bits per heavy atom. The van der Waals surface area contributed by atoms with Gasteiger partial charge in [-0.25, -0.2) is 17.9 Å². The molecule has 2 unspecified atom stereocenters. The minimum Gasteiger partial charge on any atom is -0.465 e.